The highest BCUT2D eigenvalue weighted by molar-refractivity contribution is 5.21. The average Bonchev–Trinajstić information content (AvgIpc) is 2.76. The fourth-order valence-corrected chi connectivity index (χ4v) is 2.45. The van der Waals surface area contributed by atoms with Crippen molar-refractivity contribution < 1.29 is 13.5 Å². The van der Waals surface area contributed by atoms with Gasteiger partial charge >= 0.3 is 0 Å². The second-order valence-electron chi connectivity index (χ2n) is 4.78. The smallest absolute Gasteiger partial charge is 0.129 e. The number of nitrogens with one attached hydrogen (secondary N) is 1. The standard InChI is InChI=1S/C13H18F2N2O/c1-8-5-6-18-13(8)12(17-16)7-9-10(14)3-2-4-11(9)15/h2-4,8,12-13,17H,5-7,16H2,1H3. The van der Waals surface area contributed by atoms with E-state index < -0.39 is 11.6 Å². The normalized spacial score (nSPS) is 25.3. The molecule has 0 aliphatic carbocycles. The van der Waals surface area contributed by atoms with Gasteiger partial charge < -0.3 is 4.74 Å². The van der Waals surface area contributed by atoms with Gasteiger partial charge in [-0.3, -0.25) is 11.3 Å². The molecule has 5 heteroatoms. The second kappa shape index (κ2) is 5.73. The van der Waals surface area contributed by atoms with Crippen LogP contribution < -0.4 is 11.3 Å². The van der Waals surface area contributed by atoms with Crippen LogP contribution in [0.5, 0.6) is 0 Å². The lowest BCUT2D eigenvalue weighted by Gasteiger charge is -2.25. The fourth-order valence-electron chi connectivity index (χ4n) is 2.45. The Kier molecular flexibility index (Phi) is 4.27. The molecule has 0 aromatic heterocycles. The summed E-state index contributed by atoms with van der Waals surface area (Å²) >= 11 is 0. The number of nitrogens with two attached hydrogens (primary N) is 1. The summed E-state index contributed by atoms with van der Waals surface area (Å²) in [6, 6.07) is 3.58. The van der Waals surface area contributed by atoms with Crippen LogP contribution in [0.3, 0.4) is 0 Å². The maximum Gasteiger partial charge on any atom is 0.129 e. The molecule has 1 fully saturated rings. The van der Waals surface area contributed by atoms with Gasteiger partial charge in [-0.15, -0.1) is 0 Å². The van der Waals surface area contributed by atoms with E-state index in [1.807, 2.05) is 0 Å². The molecule has 1 heterocycles. The monoisotopic (exact) mass is 256 g/mol. The van der Waals surface area contributed by atoms with Crippen molar-refractivity contribution in [3.8, 4) is 0 Å². The summed E-state index contributed by atoms with van der Waals surface area (Å²) in [4.78, 5) is 0. The van der Waals surface area contributed by atoms with Gasteiger partial charge in [-0.2, -0.15) is 0 Å². The molecule has 3 atom stereocenters. The van der Waals surface area contributed by atoms with E-state index in [1.54, 1.807) is 0 Å². The third kappa shape index (κ3) is 2.68. The van der Waals surface area contributed by atoms with Crippen LogP contribution in [0.4, 0.5) is 8.78 Å². The summed E-state index contributed by atoms with van der Waals surface area (Å²) in [5.74, 6) is 4.74. The molecule has 1 aliphatic heterocycles. The Labute approximate surface area is 105 Å². The molecular weight excluding hydrogens is 238 g/mol. The molecule has 0 amide bonds. The molecule has 1 aromatic rings. The summed E-state index contributed by atoms with van der Waals surface area (Å²) in [5.41, 5.74) is 2.68. The zero-order valence-electron chi connectivity index (χ0n) is 10.3. The van der Waals surface area contributed by atoms with E-state index in [0.29, 0.717) is 12.5 Å². The van der Waals surface area contributed by atoms with Crippen molar-refractivity contribution in [3.63, 3.8) is 0 Å². The summed E-state index contributed by atoms with van der Waals surface area (Å²) < 4.78 is 32.7. The van der Waals surface area contributed by atoms with Crippen LogP contribution in [0.1, 0.15) is 18.9 Å². The number of hydrogen-bond donors (Lipinski definition) is 2. The molecule has 1 saturated heterocycles. The Balaban J connectivity index is 2.15. The largest absolute Gasteiger partial charge is 0.376 e. The first-order valence-corrected chi connectivity index (χ1v) is 6.14. The van der Waals surface area contributed by atoms with Gasteiger partial charge in [0, 0.05) is 12.2 Å². The van der Waals surface area contributed by atoms with Crippen LogP contribution in [0.15, 0.2) is 18.2 Å². The Morgan fingerprint density at radius 1 is 1.44 bits per heavy atom. The number of benzene rings is 1. The SMILES string of the molecule is CC1CCOC1C(Cc1c(F)cccc1F)NN. The average molecular weight is 256 g/mol. The van der Waals surface area contributed by atoms with Crippen molar-refractivity contribution in [2.24, 2.45) is 11.8 Å². The Bertz CT molecular complexity index is 394. The summed E-state index contributed by atoms with van der Waals surface area (Å²) in [6.45, 7) is 2.73. The first-order chi connectivity index (χ1) is 8.63. The van der Waals surface area contributed by atoms with Crippen molar-refractivity contribution >= 4 is 0 Å². The minimum Gasteiger partial charge on any atom is -0.376 e. The zero-order chi connectivity index (χ0) is 13.1. The molecule has 1 aliphatic rings. The predicted octanol–water partition coefficient (Wildman–Crippen LogP) is 1.76. The molecule has 0 saturated carbocycles. The number of rotatable bonds is 4. The molecule has 100 valence electrons. The molecular formula is C13H18F2N2O. The van der Waals surface area contributed by atoms with E-state index >= 15 is 0 Å². The van der Waals surface area contributed by atoms with Gasteiger partial charge in [0.05, 0.1) is 12.1 Å². The number of ether oxygens (including phenoxy) is 1. The number of hydrazine groups is 1. The third-order valence-corrected chi connectivity index (χ3v) is 3.54. The van der Waals surface area contributed by atoms with Gasteiger partial charge in [-0.25, -0.2) is 8.78 Å². The minimum atomic E-state index is -0.541. The van der Waals surface area contributed by atoms with Gasteiger partial charge in [-0.05, 0) is 30.9 Å². The third-order valence-electron chi connectivity index (χ3n) is 3.54. The molecule has 2 rings (SSSR count). The van der Waals surface area contributed by atoms with Crippen molar-refractivity contribution in [2.75, 3.05) is 6.61 Å². The summed E-state index contributed by atoms with van der Waals surface area (Å²) in [6.07, 6.45) is 1.03. The Morgan fingerprint density at radius 3 is 2.61 bits per heavy atom. The van der Waals surface area contributed by atoms with Crippen molar-refractivity contribution in [1.29, 1.82) is 0 Å². The summed E-state index contributed by atoms with van der Waals surface area (Å²) in [7, 11) is 0. The van der Waals surface area contributed by atoms with E-state index in [1.165, 1.54) is 18.2 Å². The fraction of sp³-hybridized carbons (Fsp3) is 0.538. The molecule has 0 spiro atoms. The lowest BCUT2D eigenvalue weighted by molar-refractivity contribution is 0.0605. The highest BCUT2D eigenvalue weighted by Gasteiger charge is 2.32. The first kappa shape index (κ1) is 13.4. The summed E-state index contributed by atoms with van der Waals surface area (Å²) in [5, 5.41) is 0. The first-order valence-electron chi connectivity index (χ1n) is 6.14. The van der Waals surface area contributed by atoms with E-state index in [9.17, 15) is 8.78 Å². The maximum absolute atomic E-state index is 13.6. The van der Waals surface area contributed by atoms with Crippen LogP contribution >= 0.6 is 0 Å². The van der Waals surface area contributed by atoms with Crippen molar-refractivity contribution in [1.82, 2.24) is 5.43 Å². The lowest BCUT2D eigenvalue weighted by atomic mass is 9.93. The van der Waals surface area contributed by atoms with Gasteiger partial charge in [0.25, 0.3) is 0 Å². The van der Waals surface area contributed by atoms with Gasteiger partial charge in [0.15, 0.2) is 0 Å². The number of halogens is 2. The molecule has 18 heavy (non-hydrogen) atoms. The van der Waals surface area contributed by atoms with Crippen LogP contribution in [0.2, 0.25) is 0 Å². The molecule has 0 bridgehead atoms. The van der Waals surface area contributed by atoms with E-state index in [0.717, 1.165) is 6.42 Å². The minimum absolute atomic E-state index is 0.0585. The predicted molar refractivity (Wildman–Crippen MR) is 64.7 cm³/mol. The van der Waals surface area contributed by atoms with Crippen LogP contribution in [0, 0.1) is 17.6 Å². The Hall–Kier alpha value is -1.04. The topological polar surface area (TPSA) is 47.3 Å². The van der Waals surface area contributed by atoms with Gasteiger partial charge in [0.1, 0.15) is 11.6 Å². The molecule has 3 N–H and O–H groups in total. The van der Waals surface area contributed by atoms with Crippen LogP contribution in [-0.4, -0.2) is 18.8 Å². The lowest BCUT2D eigenvalue weighted by Crippen LogP contribution is -2.47. The second-order valence-corrected chi connectivity index (χ2v) is 4.78. The van der Waals surface area contributed by atoms with Crippen LogP contribution in [-0.2, 0) is 11.2 Å². The highest BCUT2D eigenvalue weighted by Crippen LogP contribution is 2.25. The molecule has 1 aromatic carbocycles. The van der Waals surface area contributed by atoms with E-state index in [2.05, 4.69) is 12.3 Å². The zero-order valence-corrected chi connectivity index (χ0v) is 10.3. The van der Waals surface area contributed by atoms with Crippen LogP contribution in [0.25, 0.3) is 0 Å². The highest BCUT2D eigenvalue weighted by atomic mass is 19.1. The maximum atomic E-state index is 13.6. The number of hydrogen-bond acceptors (Lipinski definition) is 3. The quantitative estimate of drug-likeness (QED) is 0.637. The van der Waals surface area contributed by atoms with Gasteiger partial charge in [0.2, 0.25) is 0 Å². The van der Waals surface area contributed by atoms with Gasteiger partial charge in [-0.1, -0.05) is 13.0 Å². The molecule has 0 radical (unpaired) electrons. The van der Waals surface area contributed by atoms with Crippen molar-refractivity contribution in [3.05, 3.63) is 35.4 Å². The van der Waals surface area contributed by atoms with E-state index in [-0.39, 0.29) is 24.1 Å². The molecule has 3 nitrogen and oxygen atoms in total. The Morgan fingerprint density at radius 2 is 2.11 bits per heavy atom. The molecule has 3 unspecified atom stereocenters. The van der Waals surface area contributed by atoms with E-state index in [4.69, 9.17) is 10.6 Å². The van der Waals surface area contributed by atoms with Crippen molar-refractivity contribution in [2.45, 2.75) is 31.9 Å².